The number of hydrogen-bond donors (Lipinski definition) is 1. The molecule has 7 nitrogen and oxygen atoms in total. The maximum Gasteiger partial charge on any atom is 0.234 e. The Kier molecular flexibility index (Phi) is 7.61. The summed E-state index contributed by atoms with van der Waals surface area (Å²) in [6.07, 6.45) is 6.02. The second kappa shape index (κ2) is 9.48. The number of carbonyl (C=O) groups excluding carboxylic acids is 1. The van der Waals surface area contributed by atoms with Gasteiger partial charge in [-0.15, -0.1) is 12.4 Å². The van der Waals surface area contributed by atoms with Crippen molar-refractivity contribution in [3.8, 4) is 0 Å². The molecule has 0 aromatic carbocycles. The summed E-state index contributed by atoms with van der Waals surface area (Å²) in [5, 5.41) is 3.27. The standard InChI is InChI=1S/C18H29N5O2.ClH/c1-13-18(20-7-6-19-13)23-10-15(14-4-5-14)16(11-23)21-17(24)12-22(2)8-9-25-3;/h6-7,14-16H,4-5,8-12H2,1-3H3,(H,21,24);1H/t15-,16+;/m1./s1. The van der Waals surface area contributed by atoms with Crippen LogP contribution >= 0.6 is 12.4 Å². The van der Waals surface area contributed by atoms with Crippen LogP contribution in [-0.2, 0) is 9.53 Å². The van der Waals surface area contributed by atoms with Gasteiger partial charge in [-0.1, -0.05) is 0 Å². The molecule has 1 aromatic heterocycles. The van der Waals surface area contributed by atoms with Crippen molar-refractivity contribution in [2.24, 2.45) is 11.8 Å². The van der Waals surface area contributed by atoms with E-state index in [9.17, 15) is 4.79 Å². The van der Waals surface area contributed by atoms with E-state index in [2.05, 4.69) is 20.2 Å². The Bertz CT molecular complexity index is 599. The Morgan fingerprint density at radius 1 is 1.35 bits per heavy atom. The second-order valence-corrected chi connectivity index (χ2v) is 7.28. The number of ether oxygens (including phenoxy) is 1. The van der Waals surface area contributed by atoms with Gasteiger partial charge in [-0.3, -0.25) is 14.7 Å². The minimum absolute atomic E-state index is 0. The third-order valence-electron chi connectivity index (χ3n) is 5.18. The number of hydrogen-bond acceptors (Lipinski definition) is 6. The summed E-state index contributed by atoms with van der Waals surface area (Å²) in [6.45, 7) is 5.55. The first-order valence-corrected chi connectivity index (χ1v) is 9.08. The molecule has 1 saturated heterocycles. The van der Waals surface area contributed by atoms with E-state index in [1.807, 2.05) is 18.9 Å². The molecular weight excluding hydrogens is 354 g/mol. The third kappa shape index (κ3) is 5.28. The average molecular weight is 384 g/mol. The number of amides is 1. The fourth-order valence-electron chi connectivity index (χ4n) is 3.69. The van der Waals surface area contributed by atoms with Crippen LogP contribution in [0.2, 0.25) is 0 Å². The molecule has 1 aromatic rings. The molecule has 0 bridgehead atoms. The number of nitrogens with one attached hydrogen (secondary N) is 1. The zero-order valence-electron chi connectivity index (χ0n) is 15.9. The maximum atomic E-state index is 12.4. The van der Waals surface area contributed by atoms with Crippen LogP contribution in [0, 0.1) is 18.8 Å². The van der Waals surface area contributed by atoms with Crippen LogP contribution in [0.5, 0.6) is 0 Å². The van der Waals surface area contributed by atoms with Crippen molar-refractivity contribution in [3.63, 3.8) is 0 Å². The van der Waals surface area contributed by atoms with Gasteiger partial charge in [0.2, 0.25) is 5.91 Å². The number of likely N-dealkylation sites (N-methyl/N-ethyl adjacent to an activating group) is 1. The Morgan fingerprint density at radius 3 is 2.73 bits per heavy atom. The summed E-state index contributed by atoms with van der Waals surface area (Å²) >= 11 is 0. The van der Waals surface area contributed by atoms with Gasteiger partial charge in [-0.2, -0.15) is 0 Å². The van der Waals surface area contributed by atoms with E-state index in [0.717, 1.165) is 37.1 Å². The van der Waals surface area contributed by atoms with Crippen LogP contribution in [0.4, 0.5) is 5.82 Å². The van der Waals surface area contributed by atoms with E-state index in [1.54, 1.807) is 19.5 Å². The zero-order chi connectivity index (χ0) is 17.8. The number of nitrogens with zero attached hydrogens (tertiary/aromatic N) is 4. The van der Waals surface area contributed by atoms with Crippen molar-refractivity contribution in [2.45, 2.75) is 25.8 Å². The SMILES string of the molecule is COCCN(C)CC(=O)N[C@H]1CN(c2nccnc2C)C[C@@H]1C1CC1.Cl. The molecule has 26 heavy (non-hydrogen) atoms. The molecule has 146 valence electrons. The first-order valence-electron chi connectivity index (χ1n) is 9.08. The van der Waals surface area contributed by atoms with Gasteiger partial charge in [-0.05, 0) is 32.7 Å². The lowest BCUT2D eigenvalue weighted by molar-refractivity contribution is -0.122. The van der Waals surface area contributed by atoms with Crippen molar-refractivity contribution in [3.05, 3.63) is 18.1 Å². The molecule has 2 atom stereocenters. The summed E-state index contributed by atoms with van der Waals surface area (Å²) in [4.78, 5) is 25.6. The minimum atomic E-state index is 0. The van der Waals surface area contributed by atoms with Gasteiger partial charge in [0, 0.05) is 45.1 Å². The highest BCUT2D eigenvalue weighted by Crippen LogP contribution is 2.42. The van der Waals surface area contributed by atoms with Gasteiger partial charge < -0.3 is 15.0 Å². The first-order chi connectivity index (χ1) is 12.1. The van der Waals surface area contributed by atoms with Gasteiger partial charge >= 0.3 is 0 Å². The smallest absolute Gasteiger partial charge is 0.234 e. The van der Waals surface area contributed by atoms with Crippen molar-refractivity contribution in [2.75, 3.05) is 51.8 Å². The van der Waals surface area contributed by atoms with Crippen molar-refractivity contribution < 1.29 is 9.53 Å². The minimum Gasteiger partial charge on any atom is -0.383 e. The molecule has 2 fully saturated rings. The van der Waals surface area contributed by atoms with E-state index >= 15 is 0 Å². The third-order valence-corrected chi connectivity index (χ3v) is 5.18. The molecule has 2 aliphatic rings. The van der Waals surface area contributed by atoms with Gasteiger partial charge in [0.1, 0.15) is 5.82 Å². The Hall–Kier alpha value is -1.44. The highest BCUT2D eigenvalue weighted by atomic mass is 35.5. The highest BCUT2D eigenvalue weighted by Gasteiger charge is 2.43. The number of halogens is 1. The Labute approximate surface area is 161 Å². The molecule has 0 spiro atoms. The highest BCUT2D eigenvalue weighted by molar-refractivity contribution is 5.85. The normalized spacial score (nSPS) is 22.4. The number of aromatic nitrogens is 2. The fourth-order valence-corrected chi connectivity index (χ4v) is 3.69. The quantitative estimate of drug-likeness (QED) is 0.725. The molecule has 1 saturated carbocycles. The number of rotatable bonds is 8. The van der Waals surface area contributed by atoms with Gasteiger partial charge in [0.15, 0.2) is 0 Å². The largest absolute Gasteiger partial charge is 0.383 e. The van der Waals surface area contributed by atoms with Crippen LogP contribution in [0.15, 0.2) is 12.4 Å². The topological polar surface area (TPSA) is 70.6 Å². The molecule has 0 unspecified atom stereocenters. The lowest BCUT2D eigenvalue weighted by Crippen LogP contribution is -2.45. The molecular formula is C18H30ClN5O2. The fraction of sp³-hybridized carbons (Fsp3) is 0.722. The summed E-state index contributed by atoms with van der Waals surface area (Å²) < 4.78 is 5.07. The van der Waals surface area contributed by atoms with Crippen LogP contribution in [0.1, 0.15) is 18.5 Å². The summed E-state index contributed by atoms with van der Waals surface area (Å²) in [6, 6.07) is 0.192. The van der Waals surface area contributed by atoms with Crippen molar-refractivity contribution in [1.29, 1.82) is 0 Å². The second-order valence-electron chi connectivity index (χ2n) is 7.28. The molecule has 1 aliphatic carbocycles. The predicted octanol–water partition coefficient (Wildman–Crippen LogP) is 1.12. The maximum absolute atomic E-state index is 12.4. The van der Waals surface area contributed by atoms with E-state index < -0.39 is 0 Å². The summed E-state index contributed by atoms with van der Waals surface area (Å²) in [7, 11) is 3.62. The molecule has 2 heterocycles. The Balaban J connectivity index is 0.00000243. The van der Waals surface area contributed by atoms with E-state index in [1.165, 1.54) is 12.8 Å². The van der Waals surface area contributed by atoms with Crippen LogP contribution in [0.3, 0.4) is 0 Å². The monoisotopic (exact) mass is 383 g/mol. The molecule has 1 aliphatic heterocycles. The predicted molar refractivity (Wildman–Crippen MR) is 104 cm³/mol. The molecule has 1 amide bonds. The van der Waals surface area contributed by atoms with Gasteiger partial charge in [0.25, 0.3) is 0 Å². The van der Waals surface area contributed by atoms with Gasteiger partial charge in [0.05, 0.1) is 24.9 Å². The van der Waals surface area contributed by atoms with Crippen molar-refractivity contribution in [1.82, 2.24) is 20.2 Å². The van der Waals surface area contributed by atoms with Crippen LogP contribution in [-0.4, -0.2) is 73.8 Å². The first kappa shape index (κ1) is 20.9. The number of carbonyl (C=O) groups is 1. The molecule has 8 heteroatoms. The molecule has 3 rings (SSSR count). The lowest BCUT2D eigenvalue weighted by atomic mass is 9.98. The molecule has 0 radical (unpaired) electrons. The lowest BCUT2D eigenvalue weighted by Gasteiger charge is -2.22. The summed E-state index contributed by atoms with van der Waals surface area (Å²) in [5.74, 6) is 2.28. The number of aryl methyl sites for hydroxylation is 1. The van der Waals surface area contributed by atoms with E-state index in [-0.39, 0.29) is 24.4 Å². The Morgan fingerprint density at radius 2 is 2.08 bits per heavy atom. The van der Waals surface area contributed by atoms with Crippen LogP contribution < -0.4 is 10.2 Å². The van der Waals surface area contributed by atoms with Crippen molar-refractivity contribution >= 4 is 24.1 Å². The average Bonchev–Trinajstić information content (AvgIpc) is 3.35. The zero-order valence-corrected chi connectivity index (χ0v) is 16.7. The summed E-state index contributed by atoms with van der Waals surface area (Å²) in [5.41, 5.74) is 0.948. The number of methoxy groups -OCH3 is 1. The van der Waals surface area contributed by atoms with E-state index in [4.69, 9.17) is 4.74 Å². The van der Waals surface area contributed by atoms with Gasteiger partial charge in [-0.25, -0.2) is 4.98 Å². The molecule has 1 N–H and O–H groups in total. The van der Waals surface area contributed by atoms with E-state index in [0.29, 0.717) is 19.1 Å². The van der Waals surface area contributed by atoms with Crippen LogP contribution in [0.25, 0.3) is 0 Å². The number of anilines is 1.